The number of aliphatic carboxylic acids is 1. The number of rotatable bonds is 8. The van der Waals surface area contributed by atoms with Crippen LogP contribution >= 0.6 is 0 Å². The minimum atomic E-state index is -0.776. The molecule has 0 aliphatic carbocycles. The normalized spacial score (nSPS) is 10.2. The van der Waals surface area contributed by atoms with E-state index in [1.807, 2.05) is 13.0 Å². The van der Waals surface area contributed by atoms with Gasteiger partial charge in [0.05, 0.1) is 4.92 Å². The van der Waals surface area contributed by atoms with Gasteiger partial charge in [0, 0.05) is 30.8 Å². The lowest BCUT2D eigenvalue weighted by Crippen LogP contribution is -2.03. The van der Waals surface area contributed by atoms with E-state index in [9.17, 15) is 14.9 Å². The van der Waals surface area contributed by atoms with E-state index in [1.54, 1.807) is 0 Å². The summed E-state index contributed by atoms with van der Waals surface area (Å²) in [5.41, 5.74) is 1.64. The first-order valence-electron chi connectivity index (χ1n) is 6.21. The van der Waals surface area contributed by atoms with E-state index in [1.165, 1.54) is 12.1 Å². The third-order valence-corrected chi connectivity index (χ3v) is 2.67. The fraction of sp³-hybridized carbons (Fsp3) is 0.462. The number of anilines is 1. The van der Waals surface area contributed by atoms with Crippen LogP contribution in [0.15, 0.2) is 18.2 Å². The Balaban J connectivity index is 2.37. The van der Waals surface area contributed by atoms with Gasteiger partial charge in [0.2, 0.25) is 0 Å². The van der Waals surface area contributed by atoms with Crippen molar-refractivity contribution < 1.29 is 14.8 Å². The van der Waals surface area contributed by atoms with Crippen LogP contribution in [0, 0.1) is 17.0 Å². The fourth-order valence-corrected chi connectivity index (χ4v) is 1.78. The monoisotopic (exact) mass is 266 g/mol. The van der Waals surface area contributed by atoms with Crippen LogP contribution in [-0.2, 0) is 4.79 Å². The minimum absolute atomic E-state index is 0.0772. The lowest BCUT2D eigenvalue weighted by Gasteiger charge is -2.07. The minimum Gasteiger partial charge on any atom is -0.481 e. The third-order valence-electron chi connectivity index (χ3n) is 2.67. The number of carboxylic acid groups (broad SMARTS) is 1. The highest BCUT2D eigenvalue weighted by Gasteiger charge is 2.07. The van der Waals surface area contributed by atoms with Gasteiger partial charge >= 0.3 is 5.97 Å². The Morgan fingerprint density at radius 1 is 1.32 bits per heavy atom. The van der Waals surface area contributed by atoms with Crippen LogP contribution in [0.4, 0.5) is 11.4 Å². The zero-order valence-corrected chi connectivity index (χ0v) is 10.9. The second-order valence-corrected chi connectivity index (χ2v) is 4.45. The molecule has 0 bridgehead atoms. The molecule has 0 unspecified atom stereocenters. The summed E-state index contributed by atoms with van der Waals surface area (Å²) in [4.78, 5) is 20.6. The van der Waals surface area contributed by atoms with Gasteiger partial charge < -0.3 is 10.4 Å². The van der Waals surface area contributed by atoms with Crippen LogP contribution in [0.25, 0.3) is 0 Å². The third kappa shape index (κ3) is 5.85. The van der Waals surface area contributed by atoms with Crippen molar-refractivity contribution in [2.45, 2.75) is 32.6 Å². The predicted molar refractivity (Wildman–Crippen MR) is 72.4 cm³/mol. The van der Waals surface area contributed by atoms with Crippen LogP contribution in [-0.4, -0.2) is 22.5 Å². The van der Waals surface area contributed by atoms with Gasteiger partial charge in [0.25, 0.3) is 5.69 Å². The molecule has 0 aliphatic heterocycles. The van der Waals surface area contributed by atoms with Crippen molar-refractivity contribution in [3.63, 3.8) is 0 Å². The van der Waals surface area contributed by atoms with Crippen LogP contribution in [0.2, 0.25) is 0 Å². The Labute approximate surface area is 111 Å². The SMILES string of the molecule is Cc1cc(NCCCCCC(=O)O)cc([N+](=O)[O-])c1. The molecule has 0 aromatic heterocycles. The highest BCUT2D eigenvalue weighted by molar-refractivity contribution is 5.66. The van der Waals surface area contributed by atoms with Crippen molar-refractivity contribution in [2.75, 3.05) is 11.9 Å². The molecule has 6 heteroatoms. The Bertz CT molecular complexity index is 460. The van der Waals surface area contributed by atoms with Crippen molar-refractivity contribution >= 4 is 17.3 Å². The summed E-state index contributed by atoms with van der Waals surface area (Å²) in [7, 11) is 0. The molecule has 0 saturated heterocycles. The van der Waals surface area contributed by atoms with E-state index < -0.39 is 10.9 Å². The lowest BCUT2D eigenvalue weighted by molar-refractivity contribution is -0.384. The number of aryl methyl sites for hydroxylation is 1. The zero-order valence-electron chi connectivity index (χ0n) is 10.9. The summed E-state index contributed by atoms with van der Waals surface area (Å²) in [6.45, 7) is 2.49. The highest BCUT2D eigenvalue weighted by atomic mass is 16.6. The average Bonchev–Trinajstić information content (AvgIpc) is 2.32. The number of hydrogen-bond donors (Lipinski definition) is 2. The summed E-state index contributed by atoms with van der Waals surface area (Å²) in [6, 6.07) is 4.88. The smallest absolute Gasteiger partial charge is 0.303 e. The first-order chi connectivity index (χ1) is 8.99. The van der Waals surface area contributed by atoms with Gasteiger partial charge in [0.15, 0.2) is 0 Å². The standard InChI is InChI=1S/C13H18N2O4/c1-10-7-11(9-12(8-10)15(18)19)14-6-4-2-3-5-13(16)17/h7-9,14H,2-6H2,1H3,(H,16,17). The molecule has 0 amide bonds. The predicted octanol–water partition coefficient (Wildman–Crippen LogP) is 2.96. The molecule has 6 nitrogen and oxygen atoms in total. The molecule has 0 atom stereocenters. The van der Waals surface area contributed by atoms with Gasteiger partial charge in [0.1, 0.15) is 0 Å². The molecule has 0 saturated carbocycles. The molecule has 0 heterocycles. The molecule has 1 rings (SSSR count). The van der Waals surface area contributed by atoms with Gasteiger partial charge in [-0.2, -0.15) is 0 Å². The maximum Gasteiger partial charge on any atom is 0.303 e. The van der Waals surface area contributed by atoms with Crippen LogP contribution in [0.1, 0.15) is 31.2 Å². The van der Waals surface area contributed by atoms with Gasteiger partial charge in [-0.15, -0.1) is 0 Å². The molecular formula is C13H18N2O4. The van der Waals surface area contributed by atoms with E-state index in [2.05, 4.69) is 5.32 Å². The van der Waals surface area contributed by atoms with E-state index in [0.717, 1.165) is 24.1 Å². The molecule has 1 aromatic carbocycles. The maximum absolute atomic E-state index is 10.7. The number of hydrogen-bond acceptors (Lipinski definition) is 4. The first-order valence-corrected chi connectivity index (χ1v) is 6.21. The summed E-state index contributed by atoms with van der Waals surface area (Å²) in [5.74, 6) is -0.776. The lowest BCUT2D eigenvalue weighted by atomic mass is 10.1. The fourth-order valence-electron chi connectivity index (χ4n) is 1.78. The summed E-state index contributed by atoms with van der Waals surface area (Å²) in [6.07, 6.45) is 2.52. The van der Waals surface area contributed by atoms with Crippen molar-refractivity contribution in [1.82, 2.24) is 0 Å². The number of non-ortho nitro benzene ring substituents is 1. The van der Waals surface area contributed by atoms with Gasteiger partial charge in [-0.25, -0.2) is 0 Å². The second-order valence-electron chi connectivity index (χ2n) is 4.45. The van der Waals surface area contributed by atoms with Crippen molar-refractivity contribution in [1.29, 1.82) is 0 Å². The Morgan fingerprint density at radius 2 is 2.05 bits per heavy atom. The number of nitro groups is 1. The largest absolute Gasteiger partial charge is 0.481 e. The van der Waals surface area contributed by atoms with E-state index in [0.29, 0.717) is 13.0 Å². The van der Waals surface area contributed by atoms with Crippen LogP contribution < -0.4 is 5.32 Å². The van der Waals surface area contributed by atoms with Gasteiger partial charge in [-0.05, 0) is 31.4 Å². The highest BCUT2D eigenvalue weighted by Crippen LogP contribution is 2.20. The summed E-state index contributed by atoms with van der Waals surface area (Å²) in [5, 5.41) is 22.3. The quantitative estimate of drug-likeness (QED) is 0.428. The van der Waals surface area contributed by atoms with Gasteiger partial charge in [-0.3, -0.25) is 14.9 Å². The Kier molecular flexibility index (Phi) is 5.78. The van der Waals surface area contributed by atoms with E-state index in [-0.39, 0.29) is 12.1 Å². The Hall–Kier alpha value is -2.11. The van der Waals surface area contributed by atoms with Crippen molar-refractivity contribution in [3.05, 3.63) is 33.9 Å². The number of benzene rings is 1. The Morgan fingerprint density at radius 3 is 2.68 bits per heavy atom. The molecule has 0 aliphatic rings. The number of unbranched alkanes of at least 4 members (excludes halogenated alkanes) is 2. The first kappa shape index (κ1) is 14.9. The average molecular weight is 266 g/mol. The van der Waals surface area contributed by atoms with Crippen molar-refractivity contribution in [3.8, 4) is 0 Å². The zero-order chi connectivity index (χ0) is 14.3. The number of carboxylic acids is 1. The number of nitrogens with one attached hydrogen (secondary N) is 1. The molecule has 0 radical (unpaired) electrons. The van der Waals surface area contributed by atoms with Crippen LogP contribution in [0.5, 0.6) is 0 Å². The van der Waals surface area contributed by atoms with Crippen LogP contribution in [0.3, 0.4) is 0 Å². The summed E-state index contributed by atoms with van der Waals surface area (Å²) < 4.78 is 0. The number of nitrogens with zero attached hydrogens (tertiary/aromatic N) is 1. The molecular weight excluding hydrogens is 248 g/mol. The molecule has 19 heavy (non-hydrogen) atoms. The topological polar surface area (TPSA) is 92.5 Å². The summed E-state index contributed by atoms with van der Waals surface area (Å²) >= 11 is 0. The maximum atomic E-state index is 10.7. The van der Waals surface area contributed by atoms with E-state index >= 15 is 0 Å². The van der Waals surface area contributed by atoms with E-state index in [4.69, 9.17) is 5.11 Å². The molecule has 0 fully saturated rings. The number of carbonyl (C=O) groups is 1. The number of nitro benzene ring substituents is 1. The van der Waals surface area contributed by atoms with Crippen molar-refractivity contribution in [2.24, 2.45) is 0 Å². The molecule has 104 valence electrons. The van der Waals surface area contributed by atoms with Gasteiger partial charge in [-0.1, -0.05) is 6.42 Å². The second kappa shape index (κ2) is 7.35. The molecule has 1 aromatic rings. The molecule has 0 spiro atoms. The molecule has 2 N–H and O–H groups in total.